The van der Waals surface area contributed by atoms with Crippen molar-refractivity contribution in [2.45, 2.75) is 31.7 Å². The Hall–Kier alpha value is -2.79. The summed E-state index contributed by atoms with van der Waals surface area (Å²) in [5.74, 6) is -4.10. The molecule has 6 nitrogen and oxygen atoms in total. The molecule has 1 aromatic rings. The molecule has 12 heteroatoms. The SMILES string of the molecule is COC(=O)C[C@H](C)[C@H](NC(=O)c1cc(C(F)(F)F)cc(C(F)(F)F)c1)C(=O)OC. The van der Waals surface area contributed by atoms with Crippen molar-refractivity contribution in [3.05, 3.63) is 34.9 Å². The van der Waals surface area contributed by atoms with Gasteiger partial charge in [0, 0.05) is 5.56 Å². The van der Waals surface area contributed by atoms with E-state index in [0.29, 0.717) is 0 Å². The van der Waals surface area contributed by atoms with Gasteiger partial charge in [0.1, 0.15) is 6.04 Å². The van der Waals surface area contributed by atoms with Gasteiger partial charge in [-0.25, -0.2) is 4.79 Å². The molecule has 162 valence electrons. The van der Waals surface area contributed by atoms with E-state index in [1.165, 1.54) is 6.92 Å². The predicted octanol–water partition coefficient (Wildman–Crippen LogP) is 3.19. The lowest BCUT2D eigenvalue weighted by molar-refractivity contribution is -0.147. The molecule has 0 spiro atoms. The van der Waals surface area contributed by atoms with Crippen LogP contribution in [0.25, 0.3) is 0 Å². The van der Waals surface area contributed by atoms with E-state index in [-0.39, 0.29) is 24.6 Å². The molecule has 0 aromatic heterocycles. The highest BCUT2D eigenvalue weighted by Gasteiger charge is 2.38. The number of carbonyl (C=O) groups excluding carboxylic acids is 3. The fraction of sp³-hybridized carbons (Fsp3) is 0.471. The molecule has 0 bridgehead atoms. The molecule has 1 rings (SSSR count). The Morgan fingerprint density at radius 2 is 1.41 bits per heavy atom. The van der Waals surface area contributed by atoms with Gasteiger partial charge >= 0.3 is 24.3 Å². The van der Waals surface area contributed by atoms with Crippen LogP contribution < -0.4 is 5.32 Å². The number of methoxy groups -OCH3 is 2. The number of amides is 1. The zero-order valence-electron chi connectivity index (χ0n) is 15.4. The summed E-state index contributed by atoms with van der Waals surface area (Å²) in [6, 6.07) is -1.20. The number of halogens is 6. The van der Waals surface area contributed by atoms with E-state index in [1.54, 1.807) is 0 Å². The highest BCUT2D eigenvalue weighted by Crippen LogP contribution is 2.36. The molecule has 0 aliphatic heterocycles. The fourth-order valence-corrected chi connectivity index (χ4v) is 2.34. The summed E-state index contributed by atoms with van der Waals surface area (Å²) >= 11 is 0. The quantitative estimate of drug-likeness (QED) is 0.555. The van der Waals surface area contributed by atoms with Crippen LogP contribution in [-0.4, -0.2) is 38.1 Å². The second-order valence-electron chi connectivity index (χ2n) is 6.03. The van der Waals surface area contributed by atoms with Crippen LogP contribution in [-0.2, 0) is 31.4 Å². The van der Waals surface area contributed by atoms with Crippen molar-refractivity contribution in [1.29, 1.82) is 0 Å². The Kier molecular flexibility index (Phi) is 7.64. The molecule has 0 radical (unpaired) electrons. The molecule has 0 unspecified atom stereocenters. The first kappa shape index (κ1) is 24.2. The molecular formula is C17H17F6NO5. The van der Waals surface area contributed by atoms with Crippen LogP contribution in [0.2, 0.25) is 0 Å². The van der Waals surface area contributed by atoms with E-state index < -0.39 is 58.8 Å². The average molecular weight is 429 g/mol. The van der Waals surface area contributed by atoms with Crippen molar-refractivity contribution in [3.8, 4) is 0 Å². The van der Waals surface area contributed by atoms with Crippen molar-refractivity contribution in [2.24, 2.45) is 5.92 Å². The maximum absolute atomic E-state index is 12.9. The number of nitrogens with one attached hydrogen (secondary N) is 1. The topological polar surface area (TPSA) is 81.7 Å². The lowest BCUT2D eigenvalue weighted by Gasteiger charge is -2.22. The maximum Gasteiger partial charge on any atom is 0.416 e. The smallest absolute Gasteiger partial charge is 0.416 e. The number of benzene rings is 1. The van der Waals surface area contributed by atoms with Crippen LogP contribution >= 0.6 is 0 Å². The van der Waals surface area contributed by atoms with Crippen molar-refractivity contribution < 1.29 is 50.2 Å². The monoisotopic (exact) mass is 429 g/mol. The molecule has 0 saturated carbocycles. The summed E-state index contributed by atoms with van der Waals surface area (Å²) < 4.78 is 86.5. The Balaban J connectivity index is 3.29. The third kappa shape index (κ3) is 6.64. The van der Waals surface area contributed by atoms with Gasteiger partial charge in [-0.05, 0) is 24.1 Å². The van der Waals surface area contributed by atoms with Crippen LogP contribution in [0.5, 0.6) is 0 Å². The highest BCUT2D eigenvalue weighted by atomic mass is 19.4. The minimum Gasteiger partial charge on any atom is -0.469 e. The Bertz CT molecular complexity index is 742. The minimum atomic E-state index is -5.14. The second kappa shape index (κ2) is 9.14. The van der Waals surface area contributed by atoms with Gasteiger partial charge in [-0.1, -0.05) is 6.92 Å². The van der Waals surface area contributed by atoms with E-state index in [0.717, 1.165) is 14.2 Å². The van der Waals surface area contributed by atoms with Gasteiger partial charge in [0.15, 0.2) is 0 Å². The maximum atomic E-state index is 12.9. The summed E-state index contributed by atoms with van der Waals surface area (Å²) in [5, 5.41) is 2.01. The summed E-state index contributed by atoms with van der Waals surface area (Å²) in [6.07, 6.45) is -10.7. The van der Waals surface area contributed by atoms with Gasteiger partial charge < -0.3 is 14.8 Å². The van der Waals surface area contributed by atoms with Gasteiger partial charge in [0.25, 0.3) is 5.91 Å². The standard InChI is InChI=1S/C17H17F6NO5/c1-8(4-12(25)28-2)13(15(27)29-3)24-14(26)9-5-10(16(18,19)20)7-11(6-9)17(21,22)23/h5-8,13H,4H2,1-3H3,(H,24,26)/t8-,13-/m0/s1. The lowest BCUT2D eigenvalue weighted by Crippen LogP contribution is -2.46. The molecule has 2 atom stereocenters. The molecule has 0 heterocycles. The molecule has 0 aliphatic carbocycles. The third-order valence-corrected chi connectivity index (χ3v) is 3.88. The Morgan fingerprint density at radius 3 is 1.79 bits per heavy atom. The number of hydrogen-bond acceptors (Lipinski definition) is 5. The van der Waals surface area contributed by atoms with E-state index in [9.17, 15) is 40.7 Å². The lowest BCUT2D eigenvalue weighted by atomic mass is 9.97. The summed E-state index contributed by atoms with van der Waals surface area (Å²) in [5.41, 5.74) is -4.34. The van der Waals surface area contributed by atoms with E-state index in [1.807, 2.05) is 5.32 Å². The first-order valence-corrected chi connectivity index (χ1v) is 7.95. The highest BCUT2D eigenvalue weighted by molar-refractivity contribution is 5.97. The molecule has 1 aromatic carbocycles. The van der Waals surface area contributed by atoms with Gasteiger partial charge in [-0.2, -0.15) is 26.3 Å². The number of ether oxygens (including phenoxy) is 2. The number of hydrogen-bond donors (Lipinski definition) is 1. The number of rotatable bonds is 6. The van der Waals surface area contributed by atoms with Crippen molar-refractivity contribution in [3.63, 3.8) is 0 Å². The van der Waals surface area contributed by atoms with E-state index >= 15 is 0 Å². The summed E-state index contributed by atoms with van der Waals surface area (Å²) in [6.45, 7) is 1.34. The van der Waals surface area contributed by atoms with E-state index in [4.69, 9.17) is 0 Å². The third-order valence-electron chi connectivity index (χ3n) is 3.88. The fourth-order valence-electron chi connectivity index (χ4n) is 2.34. The normalized spacial score (nSPS) is 14.0. The van der Waals surface area contributed by atoms with Crippen LogP contribution in [0.4, 0.5) is 26.3 Å². The second-order valence-corrected chi connectivity index (χ2v) is 6.03. The molecule has 0 aliphatic rings. The molecule has 0 fully saturated rings. The van der Waals surface area contributed by atoms with Crippen LogP contribution in [0.1, 0.15) is 34.8 Å². The molecular weight excluding hydrogens is 412 g/mol. The van der Waals surface area contributed by atoms with Crippen molar-refractivity contribution >= 4 is 17.8 Å². The zero-order chi connectivity index (χ0) is 22.6. The average Bonchev–Trinajstić information content (AvgIpc) is 2.63. The summed E-state index contributed by atoms with van der Waals surface area (Å²) in [4.78, 5) is 35.6. The van der Waals surface area contributed by atoms with Gasteiger partial charge in [-0.3, -0.25) is 9.59 Å². The number of alkyl halides is 6. The van der Waals surface area contributed by atoms with Gasteiger partial charge in [-0.15, -0.1) is 0 Å². The zero-order valence-corrected chi connectivity index (χ0v) is 15.4. The van der Waals surface area contributed by atoms with Gasteiger partial charge in [0.05, 0.1) is 31.8 Å². The first-order valence-electron chi connectivity index (χ1n) is 7.95. The van der Waals surface area contributed by atoms with Crippen molar-refractivity contribution in [1.82, 2.24) is 5.32 Å². The van der Waals surface area contributed by atoms with Crippen molar-refractivity contribution in [2.75, 3.05) is 14.2 Å². The van der Waals surface area contributed by atoms with Crippen LogP contribution in [0.3, 0.4) is 0 Å². The first-order chi connectivity index (χ1) is 13.2. The molecule has 1 N–H and O–H groups in total. The van der Waals surface area contributed by atoms with Crippen LogP contribution in [0, 0.1) is 5.92 Å². The Morgan fingerprint density at radius 1 is 0.931 bits per heavy atom. The summed E-state index contributed by atoms with van der Waals surface area (Å²) in [7, 11) is 2.03. The largest absolute Gasteiger partial charge is 0.469 e. The van der Waals surface area contributed by atoms with Gasteiger partial charge in [0.2, 0.25) is 0 Å². The molecule has 1 amide bonds. The Labute approximate surface area is 161 Å². The molecule has 29 heavy (non-hydrogen) atoms. The van der Waals surface area contributed by atoms with Crippen LogP contribution in [0.15, 0.2) is 18.2 Å². The number of carbonyl (C=O) groups is 3. The molecule has 0 saturated heterocycles. The minimum absolute atomic E-state index is 0.131. The predicted molar refractivity (Wildman–Crippen MR) is 85.5 cm³/mol. The number of esters is 2. The van der Waals surface area contributed by atoms with E-state index in [2.05, 4.69) is 9.47 Å².